The maximum Gasteiger partial charge on any atom is 0.195 e. The van der Waals surface area contributed by atoms with Crippen molar-refractivity contribution in [1.29, 1.82) is 0 Å². The van der Waals surface area contributed by atoms with Gasteiger partial charge in [-0.25, -0.2) is 0 Å². The predicted molar refractivity (Wildman–Crippen MR) is 111 cm³/mol. The summed E-state index contributed by atoms with van der Waals surface area (Å²) in [6, 6.07) is 11.7. The van der Waals surface area contributed by atoms with Crippen LogP contribution in [0.15, 0.2) is 41.4 Å². The first-order chi connectivity index (χ1) is 13.5. The Hall–Kier alpha value is -2.92. The van der Waals surface area contributed by atoms with E-state index >= 15 is 0 Å². The lowest BCUT2D eigenvalue weighted by molar-refractivity contribution is 0.103. The van der Waals surface area contributed by atoms with Gasteiger partial charge >= 0.3 is 0 Å². The molecule has 0 saturated carbocycles. The van der Waals surface area contributed by atoms with Crippen molar-refractivity contribution in [3.63, 3.8) is 0 Å². The highest BCUT2D eigenvalue weighted by Gasteiger charge is 2.39. The molecule has 1 aromatic heterocycles. The van der Waals surface area contributed by atoms with Gasteiger partial charge in [0, 0.05) is 47.9 Å². The molecule has 0 fully saturated rings. The highest BCUT2D eigenvalue weighted by Crippen LogP contribution is 2.44. The Morgan fingerprint density at radius 3 is 2.71 bits per heavy atom. The summed E-state index contributed by atoms with van der Waals surface area (Å²) in [6.07, 6.45) is 1.81. The first kappa shape index (κ1) is 18.4. The predicted octanol–water partition coefficient (Wildman–Crippen LogP) is 4.11. The van der Waals surface area contributed by atoms with Crippen molar-refractivity contribution in [1.82, 2.24) is 4.98 Å². The van der Waals surface area contributed by atoms with Gasteiger partial charge in [0.15, 0.2) is 5.78 Å². The molecule has 0 radical (unpaired) electrons. The zero-order valence-electron chi connectivity index (χ0n) is 16.6. The molecule has 4 rings (SSSR count). The van der Waals surface area contributed by atoms with E-state index in [9.17, 15) is 4.79 Å². The number of carbonyl (C=O) groups is 1. The van der Waals surface area contributed by atoms with Crippen molar-refractivity contribution < 1.29 is 14.3 Å². The standard InChI is InChI=1S/C23H24N2O3/c1-23(2)18-12-15(28-10-9-27-4)6-8-16(18)21(26)20-17-7-5-14(13-24-3)11-19(17)25-22(20)23/h5-8,11-13,25H,9-10H2,1-4H3. The summed E-state index contributed by atoms with van der Waals surface area (Å²) in [5, 5.41) is 0.951. The Morgan fingerprint density at radius 2 is 1.96 bits per heavy atom. The molecule has 1 aliphatic rings. The van der Waals surface area contributed by atoms with Crippen molar-refractivity contribution in [3.8, 4) is 5.75 Å². The molecule has 5 heteroatoms. The minimum Gasteiger partial charge on any atom is -0.491 e. The lowest BCUT2D eigenvalue weighted by Gasteiger charge is -2.32. The van der Waals surface area contributed by atoms with Crippen LogP contribution >= 0.6 is 0 Å². The number of hydrogen-bond donors (Lipinski definition) is 1. The lowest BCUT2D eigenvalue weighted by atomic mass is 9.71. The highest BCUT2D eigenvalue weighted by atomic mass is 16.5. The van der Waals surface area contributed by atoms with Crippen LogP contribution in [0.3, 0.4) is 0 Å². The number of aliphatic imine (C=N–C) groups is 1. The number of aromatic nitrogens is 1. The molecular weight excluding hydrogens is 352 g/mol. The molecule has 2 aromatic carbocycles. The Balaban J connectivity index is 1.84. The fourth-order valence-electron chi connectivity index (χ4n) is 3.99. The number of aromatic amines is 1. The summed E-state index contributed by atoms with van der Waals surface area (Å²) in [5.41, 5.74) is 5.02. The topological polar surface area (TPSA) is 63.7 Å². The zero-order valence-corrected chi connectivity index (χ0v) is 16.6. The number of ketones is 1. The van der Waals surface area contributed by atoms with E-state index in [2.05, 4.69) is 23.8 Å². The molecule has 0 atom stereocenters. The number of carbonyl (C=O) groups excluding carboxylic acids is 1. The second-order valence-electron chi connectivity index (χ2n) is 7.57. The number of H-pyrrole nitrogens is 1. The van der Waals surface area contributed by atoms with Crippen molar-refractivity contribution in [2.24, 2.45) is 4.99 Å². The molecule has 0 unspecified atom stereocenters. The van der Waals surface area contributed by atoms with Crippen LogP contribution in [0.5, 0.6) is 5.75 Å². The molecule has 144 valence electrons. The molecular formula is C23H24N2O3. The van der Waals surface area contributed by atoms with Crippen LogP contribution in [0.4, 0.5) is 0 Å². The average molecular weight is 376 g/mol. The molecule has 1 aliphatic carbocycles. The van der Waals surface area contributed by atoms with Crippen molar-refractivity contribution in [2.75, 3.05) is 27.4 Å². The van der Waals surface area contributed by atoms with Crippen LogP contribution in [-0.2, 0) is 10.2 Å². The third-order valence-electron chi connectivity index (χ3n) is 5.42. The lowest BCUT2D eigenvalue weighted by Crippen LogP contribution is -2.30. The number of methoxy groups -OCH3 is 1. The van der Waals surface area contributed by atoms with Crippen molar-refractivity contribution in [3.05, 3.63) is 64.3 Å². The highest BCUT2D eigenvalue weighted by molar-refractivity contribution is 6.20. The molecule has 28 heavy (non-hydrogen) atoms. The molecule has 0 saturated heterocycles. The van der Waals surface area contributed by atoms with E-state index in [1.54, 1.807) is 14.2 Å². The summed E-state index contributed by atoms with van der Waals surface area (Å²) in [7, 11) is 3.40. The summed E-state index contributed by atoms with van der Waals surface area (Å²) in [4.78, 5) is 20.9. The molecule has 0 spiro atoms. The van der Waals surface area contributed by atoms with E-state index in [1.807, 2.05) is 42.6 Å². The minimum absolute atomic E-state index is 0.0518. The molecule has 0 aliphatic heterocycles. The van der Waals surface area contributed by atoms with Gasteiger partial charge in [0.2, 0.25) is 0 Å². The van der Waals surface area contributed by atoms with Gasteiger partial charge in [0.25, 0.3) is 0 Å². The van der Waals surface area contributed by atoms with Gasteiger partial charge in [0.05, 0.1) is 12.2 Å². The van der Waals surface area contributed by atoms with Crippen LogP contribution < -0.4 is 4.74 Å². The molecule has 0 bridgehead atoms. The number of rotatable bonds is 5. The van der Waals surface area contributed by atoms with Gasteiger partial charge in [-0.15, -0.1) is 0 Å². The SMILES string of the molecule is CN=Cc1ccc2c3c([nH]c2c1)C(C)(C)c1cc(OCCOC)ccc1C3=O. The van der Waals surface area contributed by atoms with E-state index < -0.39 is 0 Å². The first-order valence-electron chi connectivity index (χ1n) is 9.36. The number of nitrogens with one attached hydrogen (secondary N) is 1. The zero-order chi connectivity index (χ0) is 19.9. The maximum atomic E-state index is 13.3. The Kier molecular flexibility index (Phi) is 4.55. The largest absolute Gasteiger partial charge is 0.491 e. The van der Waals surface area contributed by atoms with Crippen LogP contribution in [0, 0.1) is 0 Å². The van der Waals surface area contributed by atoms with Crippen LogP contribution in [-0.4, -0.2) is 44.4 Å². The van der Waals surface area contributed by atoms with Gasteiger partial charge in [-0.2, -0.15) is 0 Å². The van der Waals surface area contributed by atoms with E-state index in [4.69, 9.17) is 9.47 Å². The fraction of sp³-hybridized carbons (Fsp3) is 0.304. The third kappa shape index (κ3) is 2.83. The molecule has 1 N–H and O–H groups in total. The number of nitrogens with zero attached hydrogens (tertiary/aromatic N) is 1. The molecule has 5 nitrogen and oxygen atoms in total. The van der Waals surface area contributed by atoms with Crippen molar-refractivity contribution in [2.45, 2.75) is 19.3 Å². The first-order valence-corrected chi connectivity index (χ1v) is 9.36. The average Bonchev–Trinajstić information content (AvgIpc) is 3.07. The molecule has 0 amide bonds. The van der Waals surface area contributed by atoms with Crippen LogP contribution in [0.2, 0.25) is 0 Å². The van der Waals surface area contributed by atoms with Gasteiger partial charge in [0.1, 0.15) is 12.4 Å². The minimum atomic E-state index is -0.350. The second kappa shape index (κ2) is 6.91. The third-order valence-corrected chi connectivity index (χ3v) is 5.42. The van der Waals surface area contributed by atoms with Gasteiger partial charge in [-0.1, -0.05) is 26.0 Å². The van der Waals surface area contributed by atoms with Crippen molar-refractivity contribution >= 4 is 22.9 Å². The van der Waals surface area contributed by atoms with E-state index in [0.29, 0.717) is 13.2 Å². The van der Waals surface area contributed by atoms with Gasteiger partial charge < -0.3 is 14.5 Å². The number of ether oxygens (including phenoxy) is 2. The Labute approximate surface area is 164 Å². The second-order valence-corrected chi connectivity index (χ2v) is 7.57. The molecule has 1 heterocycles. The fourth-order valence-corrected chi connectivity index (χ4v) is 3.99. The summed E-state index contributed by atoms with van der Waals surface area (Å²) in [5.74, 6) is 0.800. The monoisotopic (exact) mass is 376 g/mol. The summed E-state index contributed by atoms with van der Waals surface area (Å²) < 4.78 is 10.8. The van der Waals surface area contributed by atoms with E-state index in [1.165, 1.54) is 0 Å². The quantitative estimate of drug-likeness (QED) is 0.538. The van der Waals surface area contributed by atoms with E-state index in [-0.39, 0.29) is 11.2 Å². The van der Waals surface area contributed by atoms with Gasteiger partial charge in [-0.05, 0) is 35.4 Å². The smallest absolute Gasteiger partial charge is 0.195 e. The number of fused-ring (bicyclic) bond motifs is 4. The van der Waals surface area contributed by atoms with Crippen LogP contribution in [0.25, 0.3) is 10.9 Å². The summed E-state index contributed by atoms with van der Waals surface area (Å²) >= 11 is 0. The Morgan fingerprint density at radius 1 is 1.14 bits per heavy atom. The Bertz CT molecular complexity index is 1090. The van der Waals surface area contributed by atoms with Gasteiger partial charge in [-0.3, -0.25) is 9.79 Å². The maximum absolute atomic E-state index is 13.3. The van der Waals surface area contributed by atoms with E-state index in [0.717, 1.165) is 44.6 Å². The molecule has 3 aromatic rings. The number of hydrogen-bond acceptors (Lipinski definition) is 4. The number of benzene rings is 2. The van der Waals surface area contributed by atoms with Crippen LogP contribution in [0.1, 0.15) is 46.6 Å². The summed E-state index contributed by atoms with van der Waals surface area (Å²) in [6.45, 7) is 5.28. The normalized spacial score (nSPS) is 15.1.